The first-order chi connectivity index (χ1) is 14.7. The summed E-state index contributed by atoms with van der Waals surface area (Å²) in [6.07, 6.45) is 0. The van der Waals surface area contributed by atoms with Gasteiger partial charge in [-0.3, -0.25) is 9.59 Å². The molecule has 0 radical (unpaired) electrons. The van der Waals surface area contributed by atoms with E-state index in [0.29, 0.717) is 16.3 Å². The Morgan fingerprint density at radius 2 is 1.71 bits per heavy atom. The standard InChI is InChI=1S/C22H18Cl2N2O4S/c1-11-5-4-6-14(9-11)25-20(28)18-12(2)17(22(29)30-3)21(31-18)26-19(27)15-8-7-13(23)10-16(15)24/h4-10H,1-3H3,(H,25,28)(H,26,27). The van der Waals surface area contributed by atoms with E-state index >= 15 is 0 Å². The average molecular weight is 477 g/mol. The van der Waals surface area contributed by atoms with Gasteiger partial charge in [0.1, 0.15) is 5.00 Å². The Hall–Kier alpha value is -2.87. The number of benzene rings is 2. The molecule has 6 nitrogen and oxygen atoms in total. The molecule has 2 aromatic carbocycles. The van der Waals surface area contributed by atoms with E-state index in [9.17, 15) is 14.4 Å². The number of thiophene rings is 1. The summed E-state index contributed by atoms with van der Waals surface area (Å²) in [7, 11) is 1.23. The van der Waals surface area contributed by atoms with Crippen molar-refractivity contribution in [2.75, 3.05) is 17.7 Å². The van der Waals surface area contributed by atoms with Crippen LogP contribution in [0.1, 0.15) is 41.5 Å². The molecule has 3 rings (SSSR count). The van der Waals surface area contributed by atoms with E-state index in [-0.39, 0.29) is 26.0 Å². The van der Waals surface area contributed by atoms with Crippen LogP contribution >= 0.6 is 34.5 Å². The van der Waals surface area contributed by atoms with Crippen LogP contribution in [0, 0.1) is 13.8 Å². The van der Waals surface area contributed by atoms with Crippen molar-refractivity contribution in [3.63, 3.8) is 0 Å². The molecule has 0 aliphatic rings. The fourth-order valence-electron chi connectivity index (χ4n) is 2.92. The van der Waals surface area contributed by atoms with E-state index in [4.69, 9.17) is 27.9 Å². The molecule has 3 aromatic rings. The summed E-state index contributed by atoms with van der Waals surface area (Å²) in [5.41, 5.74) is 2.30. The lowest BCUT2D eigenvalue weighted by atomic mass is 10.1. The van der Waals surface area contributed by atoms with Crippen molar-refractivity contribution >= 4 is 63.0 Å². The molecule has 0 aliphatic carbocycles. The SMILES string of the molecule is COC(=O)c1c(NC(=O)c2ccc(Cl)cc2Cl)sc(C(=O)Nc2cccc(C)c2)c1C. The Morgan fingerprint density at radius 3 is 2.35 bits per heavy atom. The van der Waals surface area contributed by atoms with Crippen molar-refractivity contribution in [1.82, 2.24) is 0 Å². The van der Waals surface area contributed by atoms with E-state index in [2.05, 4.69) is 10.6 Å². The van der Waals surface area contributed by atoms with E-state index in [1.165, 1.54) is 25.3 Å². The average Bonchev–Trinajstić information content (AvgIpc) is 3.03. The van der Waals surface area contributed by atoms with Gasteiger partial charge in [0.15, 0.2) is 0 Å². The van der Waals surface area contributed by atoms with Gasteiger partial charge in [0.25, 0.3) is 11.8 Å². The molecule has 0 fully saturated rings. The number of esters is 1. The fraction of sp³-hybridized carbons (Fsp3) is 0.136. The Kier molecular flexibility index (Phi) is 7.00. The maximum absolute atomic E-state index is 12.9. The van der Waals surface area contributed by atoms with Crippen LogP contribution in [0.15, 0.2) is 42.5 Å². The zero-order valence-corrected chi connectivity index (χ0v) is 19.2. The fourth-order valence-corrected chi connectivity index (χ4v) is 4.50. The molecule has 2 N–H and O–H groups in total. The summed E-state index contributed by atoms with van der Waals surface area (Å²) in [4.78, 5) is 38.3. The number of carbonyl (C=O) groups is 3. The van der Waals surface area contributed by atoms with Crippen LogP contribution in [-0.4, -0.2) is 24.9 Å². The molecule has 0 bridgehead atoms. The van der Waals surface area contributed by atoms with Crippen molar-refractivity contribution in [2.45, 2.75) is 13.8 Å². The lowest BCUT2D eigenvalue weighted by Crippen LogP contribution is -2.15. The maximum Gasteiger partial charge on any atom is 0.341 e. The number of methoxy groups -OCH3 is 1. The van der Waals surface area contributed by atoms with E-state index < -0.39 is 17.8 Å². The molecule has 0 spiro atoms. The summed E-state index contributed by atoms with van der Waals surface area (Å²) in [5, 5.41) is 6.21. The number of ether oxygens (including phenoxy) is 1. The number of hydrogen-bond donors (Lipinski definition) is 2. The maximum atomic E-state index is 12.9. The van der Waals surface area contributed by atoms with Gasteiger partial charge in [-0.2, -0.15) is 0 Å². The Labute approximate surface area is 193 Å². The third-order valence-electron chi connectivity index (χ3n) is 4.42. The second-order valence-electron chi connectivity index (χ2n) is 6.65. The first-order valence-corrected chi connectivity index (χ1v) is 10.6. The summed E-state index contributed by atoms with van der Waals surface area (Å²) in [6.45, 7) is 3.54. The molecule has 1 heterocycles. The van der Waals surface area contributed by atoms with E-state index in [0.717, 1.165) is 16.9 Å². The normalized spacial score (nSPS) is 10.5. The molecule has 2 amide bonds. The minimum atomic E-state index is -0.666. The van der Waals surface area contributed by atoms with Crippen molar-refractivity contribution in [3.8, 4) is 0 Å². The Morgan fingerprint density at radius 1 is 0.968 bits per heavy atom. The van der Waals surface area contributed by atoms with Crippen molar-refractivity contribution in [3.05, 3.63) is 79.6 Å². The van der Waals surface area contributed by atoms with Crippen LogP contribution in [0.4, 0.5) is 10.7 Å². The number of aryl methyl sites for hydroxylation is 1. The molecule has 0 unspecified atom stereocenters. The highest BCUT2D eigenvalue weighted by atomic mass is 35.5. The molecule has 0 saturated heterocycles. The van der Waals surface area contributed by atoms with Gasteiger partial charge < -0.3 is 15.4 Å². The monoisotopic (exact) mass is 476 g/mol. The molecular formula is C22H18Cl2N2O4S. The predicted octanol–water partition coefficient (Wildman–Crippen LogP) is 5.96. The highest BCUT2D eigenvalue weighted by molar-refractivity contribution is 7.19. The number of hydrogen-bond acceptors (Lipinski definition) is 5. The molecule has 1 aromatic heterocycles. The first-order valence-electron chi connectivity index (χ1n) is 9.07. The lowest BCUT2D eigenvalue weighted by Gasteiger charge is -2.07. The summed E-state index contributed by atoms with van der Waals surface area (Å²) in [5.74, 6) is -1.61. The van der Waals surface area contributed by atoms with Crippen LogP contribution in [-0.2, 0) is 4.74 Å². The number of rotatable bonds is 5. The molecule has 160 valence electrons. The van der Waals surface area contributed by atoms with Gasteiger partial charge in [-0.1, -0.05) is 35.3 Å². The van der Waals surface area contributed by atoms with Crippen molar-refractivity contribution < 1.29 is 19.1 Å². The third kappa shape index (κ3) is 5.07. The Balaban J connectivity index is 1.95. The molecule has 0 saturated carbocycles. The van der Waals surface area contributed by atoms with Gasteiger partial charge >= 0.3 is 5.97 Å². The van der Waals surface area contributed by atoms with Gasteiger partial charge in [0, 0.05) is 10.7 Å². The van der Waals surface area contributed by atoms with Crippen molar-refractivity contribution in [2.24, 2.45) is 0 Å². The summed E-state index contributed by atoms with van der Waals surface area (Å²) < 4.78 is 4.85. The van der Waals surface area contributed by atoms with Gasteiger partial charge in [0.05, 0.1) is 28.1 Å². The quantitative estimate of drug-likeness (QED) is 0.444. The second-order valence-corrected chi connectivity index (χ2v) is 8.52. The number of anilines is 2. The van der Waals surface area contributed by atoms with Crippen LogP contribution in [0.25, 0.3) is 0 Å². The van der Waals surface area contributed by atoms with Crippen molar-refractivity contribution in [1.29, 1.82) is 0 Å². The second kappa shape index (κ2) is 9.51. The number of carbonyl (C=O) groups excluding carboxylic acids is 3. The summed E-state index contributed by atoms with van der Waals surface area (Å²) in [6, 6.07) is 11.8. The predicted molar refractivity (Wildman–Crippen MR) is 124 cm³/mol. The highest BCUT2D eigenvalue weighted by Gasteiger charge is 2.27. The molecule has 9 heteroatoms. The lowest BCUT2D eigenvalue weighted by molar-refractivity contribution is 0.0601. The Bertz CT molecular complexity index is 1190. The molecule has 31 heavy (non-hydrogen) atoms. The first kappa shape index (κ1) is 22.8. The van der Waals surface area contributed by atoms with Crippen LogP contribution in [0.3, 0.4) is 0 Å². The smallest absolute Gasteiger partial charge is 0.341 e. The zero-order chi connectivity index (χ0) is 22.7. The minimum absolute atomic E-state index is 0.111. The number of nitrogens with one attached hydrogen (secondary N) is 2. The van der Waals surface area contributed by atoms with Gasteiger partial charge in [-0.05, 0) is 55.3 Å². The molecule has 0 atom stereocenters. The number of amides is 2. The van der Waals surface area contributed by atoms with Crippen LogP contribution in [0.2, 0.25) is 10.0 Å². The van der Waals surface area contributed by atoms with Crippen LogP contribution < -0.4 is 10.6 Å². The molecule has 0 aliphatic heterocycles. The highest BCUT2D eigenvalue weighted by Crippen LogP contribution is 2.35. The minimum Gasteiger partial charge on any atom is -0.465 e. The topological polar surface area (TPSA) is 84.5 Å². The zero-order valence-electron chi connectivity index (χ0n) is 16.8. The summed E-state index contributed by atoms with van der Waals surface area (Å²) >= 11 is 13.0. The molecular weight excluding hydrogens is 459 g/mol. The van der Waals surface area contributed by atoms with Gasteiger partial charge in [-0.15, -0.1) is 11.3 Å². The largest absolute Gasteiger partial charge is 0.465 e. The van der Waals surface area contributed by atoms with Gasteiger partial charge in [-0.25, -0.2) is 4.79 Å². The van der Waals surface area contributed by atoms with E-state index in [1.54, 1.807) is 13.0 Å². The number of halogens is 2. The van der Waals surface area contributed by atoms with Crippen LogP contribution in [0.5, 0.6) is 0 Å². The van der Waals surface area contributed by atoms with E-state index in [1.807, 2.05) is 25.1 Å². The van der Waals surface area contributed by atoms with Gasteiger partial charge in [0.2, 0.25) is 0 Å². The third-order valence-corrected chi connectivity index (χ3v) is 6.18.